The van der Waals surface area contributed by atoms with E-state index in [1.54, 1.807) is 0 Å². The summed E-state index contributed by atoms with van der Waals surface area (Å²) >= 11 is 0. The summed E-state index contributed by atoms with van der Waals surface area (Å²) in [6, 6.07) is 10.2. The van der Waals surface area contributed by atoms with Crippen LogP contribution in [0.15, 0.2) is 30.3 Å². The molecule has 0 aromatic heterocycles. The van der Waals surface area contributed by atoms with Gasteiger partial charge in [-0.1, -0.05) is 30.3 Å². The second-order valence-electron chi connectivity index (χ2n) is 4.22. The highest BCUT2D eigenvalue weighted by atomic mass is 31.1. The van der Waals surface area contributed by atoms with Gasteiger partial charge in [0.25, 0.3) is 0 Å². The Kier molecular flexibility index (Phi) is 4.75. The molecule has 1 heterocycles. The average Bonchev–Trinajstić information content (AvgIpc) is 2.75. The maximum Gasteiger partial charge on any atom is 0.316 e. The highest BCUT2D eigenvalue weighted by Crippen LogP contribution is 2.25. The smallest absolute Gasteiger partial charge is 0.316 e. The van der Waals surface area contributed by atoms with E-state index in [0.29, 0.717) is 0 Å². The Bertz CT molecular complexity index is 368. The van der Waals surface area contributed by atoms with Crippen LogP contribution < -0.4 is 0 Å². The minimum Gasteiger partial charge on any atom is -0.372 e. The monoisotopic (exact) mass is 256 g/mol. The van der Waals surface area contributed by atoms with Gasteiger partial charge in [-0.25, -0.2) is 0 Å². The van der Waals surface area contributed by atoms with Crippen molar-refractivity contribution in [3.63, 3.8) is 0 Å². The lowest BCUT2D eigenvalue weighted by Gasteiger charge is -2.13. The van der Waals surface area contributed by atoms with Crippen LogP contribution >= 0.6 is 8.25 Å². The van der Waals surface area contributed by atoms with E-state index in [-0.39, 0.29) is 18.8 Å². The Morgan fingerprint density at radius 3 is 2.71 bits per heavy atom. The maximum absolute atomic E-state index is 10.4. The van der Waals surface area contributed by atoms with Gasteiger partial charge in [-0.05, 0) is 24.8 Å². The summed E-state index contributed by atoms with van der Waals surface area (Å²) in [7, 11) is -2.83. The van der Waals surface area contributed by atoms with Crippen LogP contribution in [0.4, 0.5) is 0 Å². The van der Waals surface area contributed by atoms with E-state index in [1.807, 2.05) is 18.2 Å². The Balaban J connectivity index is 1.76. The molecule has 1 fully saturated rings. The van der Waals surface area contributed by atoms with E-state index >= 15 is 0 Å². The van der Waals surface area contributed by atoms with E-state index < -0.39 is 8.25 Å². The molecule has 94 valence electrons. The molecule has 0 bridgehead atoms. The minimum atomic E-state index is -2.83. The molecule has 1 N–H and O–H groups in total. The minimum absolute atomic E-state index is 0.0372. The van der Waals surface area contributed by atoms with E-state index in [2.05, 4.69) is 12.1 Å². The topological polar surface area (TPSA) is 55.8 Å². The van der Waals surface area contributed by atoms with Gasteiger partial charge in [-0.3, -0.25) is 4.57 Å². The van der Waals surface area contributed by atoms with Gasteiger partial charge in [0.1, 0.15) is 0 Å². The lowest BCUT2D eigenvalue weighted by atomic mass is 10.1. The molecular formula is C12H17O4P. The molecule has 1 aliphatic rings. The van der Waals surface area contributed by atoms with Crippen LogP contribution in [-0.4, -0.2) is 23.7 Å². The normalized spacial score (nSPS) is 25.9. The van der Waals surface area contributed by atoms with Crippen molar-refractivity contribution in [2.24, 2.45) is 0 Å². The molecule has 0 amide bonds. The summed E-state index contributed by atoms with van der Waals surface area (Å²) in [5.41, 5.74) is 1.26. The van der Waals surface area contributed by atoms with Gasteiger partial charge >= 0.3 is 8.25 Å². The first-order valence-electron chi connectivity index (χ1n) is 5.79. The summed E-state index contributed by atoms with van der Waals surface area (Å²) in [6.45, 7) is 0.222. The summed E-state index contributed by atoms with van der Waals surface area (Å²) in [6.07, 6.45) is 2.94. The zero-order valence-electron chi connectivity index (χ0n) is 9.54. The van der Waals surface area contributed by atoms with Crippen LogP contribution in [0.3, 0.4) is 0 Å². The molecule has 1 aromatic rings. The van der Waals surface area contributed by atoms with Crippen LogP contribution in [-0.2, 0) is 20.2 Å². The largest absolute Gasteiger partial charge is 0.372 e. The van der Waals surface area contributed by atoms with E-state index in [1.165, 1.54) is 5.56 Å². The van der Waals surface area contributed by atoms with E-state index in [4.69, 9.17) is 14.2 Å². The van der Waals surface area contributed by atoms with Crippen molar-refractivity contribution in [1.29, 1.82) is 0 Å². The molecule has 4 nitrogen and oxygen atoms in total. The second-order valence-corrected chi connectivity index (χ2v) is 5.04. The van der Waals surface area contributed by atoms with Crippen LogP contribution in [0.2, 0.25) is 0 Å². The van der Waals surface area contributed by atoms with Crippen LogP contribution in [0, 0.1) is 0 Å². The van der Waals surface area contributed by atoms with Gasteiger partial charge < -0.3 is 14.2 Å². The third-order valence-corrected chi connectivity index (χ3v) is 3.31. The Morgan fingerprint density at radius 1 is 1.29 bits per heavy atom. The predicted molar refractivity (Wildman–Crippen MR) is 65.2 cm³/mol. The Labute approximate surface area is 102 Å². The van der Waals surface area contributed by atoms with Crippen molar-refractivity contribution in [3.05, 3.63) is 35.9 Å². The van der Waals surface area contributed by atoms with Gasteiger partial charge in [0.2, 0.25) is 0 Å². The van der Waals surface area contributed by atoms with Crippen molar-refractivity contribution in [1.82, 2.24) is 0 Å². The second kappa shape index (κ2) is 6.31. The van der Waals surface area contributed by atoms with Crippen molar-refractivity contribution in [2.75, 3.05) is 6.61 Å². The molecule has 1 aromatic carbocycles. The van der Waals surface area contributed by atoms with Crippen molar-refractivity contribution >= 4 is 8.25 Å². The third-order valence-electron chi connectivity index (χ3n) is 2.89. The molecule has 2 rings (SSSR count). The van der Waals surface area contributed by atoms with E-state index in [9.17, 15) is 4.57 Å². The Morgan fingerprint density at radius 2 is 2.00 bits per heavy atom. The average molecular weight is 256 g/mol. The first-order chi connectivity index (χ1) is 8.24. The quantitative estimate of drug-likeness (QED) is 0.820. The lowest BCUT2D eigenvalue weighted by Crippen LogP contribution is -2.16. The van der Waals surface area contributed by atoms with Gasteiger partial charge in [-0.2, -0.15) is 0 Å². The molecule has 0 aliphatic carbocycles. The zero-order valence-corrected chi connectivity index (χ0v) is 10.5. The van der Waals surface area contributed by atoms with Crippen LogP contribution in [0.25, 0.3) is 0 Å². The van der Waals surface area contributed by atoms with Gasteiger partial charge in [0.15, 0.2) is 0 Å². The molecule has 17 heavy (non-hydrogen) atoms. The highest BCUT2D eigenvalue weighted by molar-refractivity contribution is 7.32. The number of ether oxygens (including phenoxy) is 1. The fraction of sp³-hybridized carbons (Fsp3) is 0.500. The standard InChI is InChI=1S/C12H17O4P/c13-17(14)15-9-12-7-6-11(16-12)8-10-4-2-1-3-5-10/h1-5,11-12,17H,6-9H2,(H,13,14)/t11-,12+/m1/s1. The third kappa shape index (κ3) is 4.25. The van der Waals surface area contributed by atoms with Gasteiger partial charge in [-0.15, -0.1) is 0 Å². The highest BCUT2D eigenvalue weighted by Gasteiger charge is 2.25. The van der Waals surface area contributed by atoms with Gasteiger partial charge in [0.05, 0.1) is 18.8 Å². The molecule has 3 atom stereocenters. The SMILES string of the molecule is O=[PH](O)OC[C@@H]1CC[C@H](Cc2ccccc2)O1. The van der Waals surface area contributed by atoms with Crippen molar-refractivity contribution < 1.29 is 18.7 Å². The summed E-state index contributed by atoms with van der Waals surface area (Å²) in [5.74, 6) is 0. The number of rotatable bonds is 5. The van der Waals surface area contributed by atoms with Gasteiger partial charge in [0, 0.05) is 0 Å². The predicted octanol–water partition coefficient (Wildman–Crippen LogP) is 2.18. The molecule has 5 heteroatoms. The molecule has 0 spiro atoms. The van der Waals surface area contributed by atoms with E-state index in [0.717, 1.165) is 19.3 Å². The summed E-state index contributed by atoms with van der Waals surface area (Å²) in [5, 5.41) is 0. The lowest BCUT2D eigenvalue weighted by molar-refractivity contribution is 0.0178. The Hall–Kier alpha value is -0.670. The first kappa shape index (κ1) is 12.8. The summed E-state index contributed by atoms with van der Waals surface area (Å²) in [4.78, 5) is 8.58. The van der Waals surface area contributed by atoms with Crippen LogP contribution in [0.5, 0.6) is 0 Å². The molecule has 0 radical (unpaired) electrons. The summed E-state index contributed by atoms with van der Waals surface area (Å²) < 4.78 is 20.9. The number of benzene rings is 1. The maximum atomic E-state index is 10.4. The fourth-order valence-electron chi connectivity index (χ4n) is 2.09. The van der Waals surface area contributed by atoms with Crippen molar-refractivity contribution in [2.45, 2.75) is 31.5 Å². The molecule has 1 unspecified atom stereocenters. The molecule has 0 saturated carbocycles. The first-order valence-corrected chi connectivity index (χ1v) is 7.05. The molecule has 1 saturated heterocycles. The van der Waals surface area contributed by atoms with Crippen LogP contribution in [0.1, 0.15) is 18.4 Å². The van der Waals surface area contributed by atoms with Crippen molar-refractivity contribution in [3.8, 4) is 0 Å². The fourth-order valence-corrected chi connectivity index (χ4v) is 2.42. The number of hydrogen-bond donors (Lipinski definition) is 1. The zero-order chi connectivity index (χ0) is 12.1. The number of hydrogen-bond acceptors (Lipinski definition) is 3. The molecule has 1 aliphatic heterocycles. The molecular weight excluding hydrogens is 239 g/mol.